The molecule has 3 N–H and O–H groups in total. The van der Waals surface area contributed by atoms with Crippen LogP contribution >= 0.6 is 11.6 Å². The average molecular weight is 323 g/mol. The second kappa shape index (κ2) is 7.29. The normalized spacial score (nSPS) is 12.2. The molecule has 118 valence electrons. The van der Waals surface area contributed by atoms with E-state index >= 15 is 0 Å². The van der Waals surface area contributed by atoms with Crippen molar-refractivity contribution in [2.45, 2.75) is 26.0 Å². The summed E-state index contributed by atoms with van der Waals surface area (Å²) in [6, 6.07) is 8.43. The van der Waals surface area contributed by atoms with Crippen LogP contribution in [0.4, 0.5) is 10.6 Å². The Balaban J connectivity index is 1.90. The van der Waals surface area contributed by atoms with E-state index in [-0.39, 0.29) is 12.6 Å². The maximum absolute atomic E-state index is 11.9. The number of hydrogen-bond donors (Lipinski definition) is 3. The van der Waals surface area contributed by atoms with E-state index in [1.165, 1.54) is 0 Å². The van der Waals surface area contributed by atoms with E-state index in [0.29, 0.717) is 16.4 Å². The standard InChI is InChI=1S/C15H19ClN4O2/c1-10(2)20-14(7-8-18-20)19-15(22)17-9-13(21)11-5-3-4-6-12(11)16/h3-8,10,13,21H,9H2,1-2H3,(H2,17,19,22). The maximum Gasteiger partial charge on any atom is 0.320 e. The molecule has 1 heterocycles. The van der Waals surface area contributed by atoms with Gasteiger partial charge in [0.15, 0.2) is 0 Å². The number of aliphatic hydroxyl groups is 1. The molecule has 1 atom stereocenters. The molecule has 0 fully saturated rings. The predicted molar refractivity (Wildman–Crippen MR) is 86.0 cm³/mol. The molecule has 7 heteroatoms. The third-order valence-electron chi connectivity index (χ3n) is 3.12. The van der Waals surface area contributed by atoms with E-state index in [4.69, 9.17) is 11.6 Å². The van der Waals surface area contributed by atoms with E-state index in [1.807, 2.05) is 13.8 Å². The summed E-state index contributed by atoms with van der Waals surface area (Å²) in [7, 11) is 0. The topological polar surface area (TPSA) is 79.2 Å². The second-order valence-electron chi connectivity index (χ2n) is 5.13. The highest BCUT2D eigenvalue weighted by molar-refractivity contribution is 6.31. The van der Waals surface area contributed by atoms with Gasteiger partial charge >= 0.3 is 6.03 Å². The number of aliphatic hydroxyl groups excluding tert-OH is 1. The Morgan fingerprint density at radius 2 is 2.09 bits per heavy atom. The van der Waals surface area contributed by atoms with Gasteiger partial charge in [-0.2, -0.15) is 5.10 Å². The van der Waals surface area contributed by atoms with Crippen LogP contribution in [0.2, 0.25) is 5.02 Å². The van der Waals surface area contributed by atoms with E-state index in [2.05, 4.69) is 15.7 Å². The van der Waals surface area contributed by atoms with Crippen LogP contribution in [0.3, 0.4) is 0 Å². The number of benzene rings is 1. The van der Waals surface area contributed by atoms with Crippen LogP contribution in [0, 0.1) is 0 Å². The third kappa shape index (κ3) is 3.99. The van der Waals surface area contributed by atoms with Crippen molar-refractivity contribution < 1.29 is 9.90 Å². The fourth-order valence-corrected chi connectivity index (χ4v) is 2.29. The molecular formula is C15H19ClN4O2. The van der Waals surface area contributed by atoms with Gasteiger partial charge in [0.05, 0.1) is 12.3 Å². The van der Waals surface area contributed by atoms with Crippen LogP contribution in [0.25, 0.3) is 0 Å². The lowest BCUT2D eigenvalue weighted by molar-refractivity contribution is 0.175. The Labute approximate surface area is 134 Å². The highest BCUT2D eigenvalue weighted by atomic mass is 35.5. The fourth-order valence-electron chi connectivity index (χ4n) is 2.03. The number of anilines is 1. The molecule has 0 radical (unpaired) electrons. The summed E-state index contributed by atoms with van der Waals surface area (Å²) in [4.78, 5) is 11.9. The number of halogens is 1. The smallest absolute Gasteiger partial charge is 0.320 e. The number of rotatable bonds is 5. The third-order valence-corrected chi connectivity index (χ3v) is 3.47. The molecule has 0 saturated carbocycles. The Morgan fingerprint density at radius 1 is 1.36 bits per heavy atom. The summed E-state index contributed by atoms with van der Waals surface area (Å²) in [5, 5.41) is 20.0. The van der Waals surface area contributed by atoms with Gasteiger partial charge in [-0.05, 0) is 19.9 Å². The van der Waals surface area contributed by atoms with Gasteiger partial charge in [-0.1, -0.05) is 29.8 Å². The highest BCUT2D eigenvalue weighted by Gasteiger charge is 2.13. The van der Waals surface area contributed by atoms with Crippen LogP contribution in [0.1, 0.15) is 31.6 Å². The number of carbonyl (C=O) groups excluding carboxylic acids is 1. The number of amides is 2. The summed E-state index contributed by atoms with van der Waals surface area (Å²) in [5.74, 6) is 0.597. The first-order valence-corrected chi connectivity index (χ1v) is 7.37. The molecule has 2 aromatic rings. The van der Waals surface area contributed by atoms with E-state index in [0.717, 1.165) is 0 Å². The van der Waals surface area contributed by atoms with Crippen LogP contribution in [0.15, 0.2) is 36.5 Å². The fraction of sp³-hybridized carbons (Fsp3) is 0.333. The van der Waals surface area contributed by atoms with Gasteiger partial charge < -0.3 is 10.4 Å². The van der Waals surface area contributed by atoms with Gasteiger partial charge in [-0.25, -0.2) is 9.48 Å². The molecule has 1 unspecified atom stereocenters. The van der Waals surface area contributed by atoms with Gasteiger partial charge in [0, 0.05) is 29.2 Å². The number of carbonyl (C=O) groups is 1. The van der Waals surface area contributed by atoms with Crippen molar-refractivity contribution in [1.82, 2.24) is 15.1 Å². The molecule has 0 saturated heterocycles. The van der Waals surface area contributed by atoms with Gasteiger partial charge in [-0.15, -0.1) is 0 Å². The van der Waals surface area contributed by atoms with Crippen LogP contribution < -0.4 is 10.6 Å². The monoisotopic (exact) mass is 322 g/mol. The number of hydrogen-bond acceptors (Lipinski definition) is 3. The molecular weight excluding hydrogens is 304 g/mol. The minimum Gasteiger partial charge on any atom is -0.387 e. The minimum absolute atomic E-state index is 0.0609. The molecule has 2 amide bonds. The van der Waals surface area contributed by atoms with Crippen molar-refractivity contribution in [2.75, 3.05) is 11.9 Å². The number of nitrogens with one attached hydrogen (secondary N) is 2. The lowest BCUT2D eigenvalue weighted by atomic mass is 10.1. The van der Waals surface area contributed by atoms with Gasteiger partial charge in [0.1, 0.15) is 5.82 Å². The van der Waals surface area contributed by atoms with Crippen molar-refractivity contribution in [1.29, 1.82) is 0 Å². The lowest BCUT2D eigenvalue weighted by Gasteiger charge is -2.15. The average Bonchev–Trinajstić information content (AvgIpc) is 2.93. The van der Waals surface area contributed by atoms with Crippen LogP contribution in [-0.4, -0.2) is 27.5 Å². The molecule has 2 rings (SSSR count). The largest absolute Gasteiger partial charge is 0.387 e. The highest BCUT2D eigenvalue weighted by Crippen LogP contribution is 2.21. The van der Waals surface area contributed by atoms with Crippen LogP contribution in [0.5, 0.6) is 0 Å². The zero-order valence-electron chi connectivity index (χ0n) is 12.5. The van der Waals surface area contributed by atoms with E-state index in [9.17, 15) is 9.90 Å². The van der Waals surface area contributed by atoms with Gasteiger partial charge in [0.25, 0.3) is 0 Å². The summed E-state index contributed by atoms with van der Waals surface area (Å²) < 4.78 is 1.70. The van der Waals surface area contributed by atoms with Gasteiger partial charge in [-0.3, -0.25) is 5.32 Å². The van der Waals surface area contributed by atoms with Gasteiger partial charge in [0.2, 0.25) is 0 Å². The molecule has 22 heavy (non-hydrogen) atoms. The van der Waals surface area contributed by atoms with Crippen molar-refractivity contribution >= 4 is 23.4 Å². The molecule has 1 aromatic carbocycles. The Hall–Kier alpha value is -2.05. The second-order valence-corrected chi connectivity index (χ2v) is 5.53. The van der Waals surface area contributed by atoms with Crippen LogP contribution in [-0.2, 0) is 0 Å². The molecule has 0 bridgehead atoms. The first-order chi connectivity index (χ1) is 10.5. The molecule has 0 aliphatic carbocycles. The molecule has 0 aliphatic rings. The van der Waals surface area contributed by atoms with E-state index < -0.39 is 12.1 Å². The lowest BCUT2D eigenvalue weighted by Crippen LogP contribution is -2.33. The minimum atomic E-state index is -0.866. The molecule has 0 aliphatic heterocycles. The maximum atomic E-state index is 11.9. The van der Waals surface area contributed by atoms with Crippen molar-refractivity contribution in [3.63, 3.8) is 0 Å². The summed E-state index contributed by atoms with van der Waals surface area (Å²) in [5.41, 5.74) is 0.580. The summed E-state index contributed by atoms with van der Waals surface area (Å²) in [6.45, 7) is 4.00. The molecule has 6 nitrogen and oxygen atoms in total. The SMILES string of the molecule is CC(C)n1nccc1NC(=O)NCC(O)c1ccccc1Cl. The molecule has 0 spiro atoms. The first kappa shape index (κ1) is 16.3. The quantitative estimate of drug-likeness (QED) is 0.791. The summed E-state index contributed by atoms with van der Waals surface area (Å²) in [6.07, 6.45) is 0.753. The Kier molecular flexibility index (Phi) is 5.41. The molecule has 1 aromatic heterocycles. The van der Waals surface area contributed by atoms with Crippen molar-refractivity contribution in [3.8, 4) is 0 Å². The Morgan fingerprint density at radius 3 is 2.77 bits per heavy atom. The number of urea groups is 1. The number of aromatic nitrogens is 2. The Bertz CT molecular complexity index is 642. The zero-order valence-corrected chi connectivity index (χ0v) is 13.2. The van der Waals surface area contributed by atoms with E-state index in [1.54, 1.807) is 41.2 Å². The van der Waals surface area contributed by atoms with Crippen molar-refractivity contribution in [3.05, 3.63) is 47.1 Å². The number of nitrogens with zero attached hydrogens (tertiary/aromatic N) is 2. The summed E-state index contributed by atoms with van der Waals surface area (Å²) >= 11 is 6.01. The zero-order chi connectivity index (χ0) is 16.1. The van der Waals surface area contributed by atoms with Crippen molar-refractivity contribution in [2.24, 2.45) is 0 Å². The first-order valence-electron chi connectivity index (χ1n) is 7.00. The predicted octanol–water partition coefficient (Wildman–Crippen LogP) is 2.97.